The fourth-order valence-electron chi connectivity index (χ4n) is 1.62. The van der Waals surface area contributed by atoms with E-state index in [0.717, 1.165) is 18.4 Å². The summed E-state index contributed by atoms with van der Waals surface area (Å²) < 4.78 is 12.9. The van der Waals surface area contributed by atoms with Crippen molar-refractivity contribution in [2.45, 2.75) is 33.1 Å². The van der Waals surface area contributed by atoms with Crippen molar-refractivity contribution in [1.82, 2.24) is 0 Å². The number of benzene rings is 1. The van der Waals surface area contributed by atoms with Crippen LogP contribution in [0.5, 0.6) is 0 Å². The van der Waals surface area contributed by atoms with Crippen molar-refractivity contribution in [3.05, 3.63) is 35.6 Å². The molecule has 0 aromatic heterocycles. The molecule has 0 heterocycles. The molecule has 1 unspecified atom stereocenters. The summed E-state index contributed by atoms with van der Waals surface area (Å²) >= 11 is 0. The molecule has 82 valence electrons. The first-order chi connectivity index (χ1) is 7.13. The van der Waals surface area contributed by atoms with Crippen molar-refractivity contribution in [3.63, 3.8) is 0 Å². The molecule has 0 N–H and O–H groups in total. The first-order valence-corrected chi connectivity index (χ1v) is 5.40. The second kappa shape index (κ2) is 5.64. The van der Waals surface area contributed by atoms with E-state index in [2.05, 4.69) is 6.92 Å². The maximum atomic E-state index is 12.9. The minimum absolute atomic E-state index is 0.0817. The smallest absolute Gasteiger partial charge is 0.140 e. The number of carbonyl (C=O) groups is 1. The molecule has 0 bridgehead atoms. The Balaban J connectivity index is 2.58. The average Bonchev–Trinajstić information content (AvgIpc) is 2.18. The van der Waals surface area contributed by atoms with Crippen LogP contribution in [0.4, 0.5) is 4.39 Å². The van der Waals surface area contributed by atoms with Gasteiger partial charge in [0.1, 0.15) is 11.6 Å². The third-order valence-corrected chi connectivity index (χ3v) is 2.54. The zero-order valence-corrected chi connectivity index (χ0v) is 9.29. The van der Waals surface area contributed by atoms with Gasteiger partial charge in [-0.3, -0.25) is 4.79 Å². The molecule has 1 nitrogen and oxygen atoms in total. The molecule has 15 heavy (non-hydrogen) atoms. The number of Topliss-reactive ketones (excluding diaryl/α,β-unsaturated/α-hetero) is 1. The average molecular weight is 208 g/mol. The van der Waals surface area contributed by atoms with Gasteiger partial charge in [0, 0.05) is 12.3 Å². The van der Waals surface area contributed by atoms with E-state index in [-0.39, 0.29) is 17.5 Å². The topological polar surface area (TPSA) is 17.1 Å². The molecule has 1 atom stereocenters. The van der Waals surface area contributed by atoms with Gasteiger partial charge in [0.15, 0.2) is 0 Å². The van der Waals surface area contributed by atoms with Crippen LogP contribution in [0.3, 0.4) is 0 Å². The molecule has 0 spiro atoms. The van der Waals surface area contributed by atoms with Gasteiger partial charge in [-0.15, -0.1) is 0 Å². The lowest BCUT2D eigenvalue weighted by molar-refractivity contribution is -0.121. The van der Waals surface area contributed by atoms with E-state index in [9.17, 15) is 9.18 Å². The number of halogens is 1. The number of hydrogen-bond donors (Lipinski definition) is 0. The Kier molecular flexibility index (Phi) is 4.47. The molecule has 1 aromatic rings. The summed E-state index contributed by atoms with van der Waals surface area (Å²) in [4.78, 5) is 11.7. The first kappa shape index (κ1) is 11.9. The summed E-state index contributed by atoms with van der Waals surface area (Å²) in [7, 11) is 0. The van der Waals surface area contributed by atoms with E-state index in [4.69, 9.17) is 0 Å². The number of hydrogen-bond acceptors (Lipinski definition) is 1. The Morgan fingerprint density at radius 1 is 1.47 bits per heavy atom. The number of rotatable bonds is 5. The number of carbonyl (C=O) groups excluding carboxylic acids is 1. The van der Waals surface area contributed by atoms with Crippen LogP contribution in [-0.4, -0.2) is 5.78 Å². The van der Waals surface area contributed by atoms with Gasteiger partial charge in [-0.05, 0) is 24.1 Å². The minimum atomic E-state index is -0.275. The highest BCUT2D eigenvalue weighted by Crippen LogP contribution is 2.11. The van der Waals surface area contributed by atoms with Gasteiger partial charge in [0.05, 0.1) is 0 Å². The first-order valence-electron chi connectivity index (χ1n) is 5.40. The van der Waals surface area contributed by atoms with Crippen molar-refractivity contribution >= 4 is 5.78 Å². The van der Waals surface area contributed by atoms with Gasteiger partial charge >= 0.3 is 0 Å². The third kappa shape index (κ3) is 3.82. The molecule has 0 aliphatic carbocycles. The summed E-state index contributed by atoms with van der Waals surface area (Å²) in [6.07, 6.45) is 2.27. The van der Waals surface area contributed by atoms with Gasteiger partial charge in [-0.2, -0.15) is 0 Å². The van der Waals surface area contributed by atoms with Crippen molar-refractivity contribution in [1.29, 1.82) is 0 Å². The standard InChI is InChI=1S/C13H17FO/c1-3-5-10(2)13(15)9-11-6-4-7-12(14)8-11/h4,6-8,10H,3,5,9H2,1-2H3. The van der Waals surface area contributed by atoms with Crippen LogP contribution < -0.4 is 0 Å². The summed E-state index contributed by atoms with van der Waals surface area (Å²) in [5.74, 6) is 0.00385. The van der Waals surface area contributed by atoms with Gasteiger partial charge in [0.2, 0.25) is 0 Å². The molecule has 0 aliphatic heterocycles. The van der Waals surface area contributed by atoms with Crippen LogP contribution >= 0.6 is 0 Å². The van der Waals surface area contributed by atoms with Crippen molar-refractivity contribution in [2.24, 2.45) is 5.92 Å². The molecule has 0 saturated heterocycles. The lowest BCUT2D eigenvalue weighted by atomic mass is 9.96. The summed E-state index contributed by atoms with van der Waals surface area (Å²) in [6.45, 7) is 4.00. The van der Waals surface area contributed by atoms with Gasteiger partial charge in [-0.25, -0.2) is 4.39 Å². The fraction of sp³-hybridized carbons (Fsp3) is 0.462. The minimum Gasteiger partial charge on any atom is -0.299 e. The van der Waals surface area contributed by atoms with E-state index in [1.54, 1.807) is 12.1 Å². The summed E-state index contributed by atoms with van der Waals surface area (Å²) in [6, 6.07) is 6.25. The zero-order valence-electron chi connectivity index (χ0n) is 9.29. The molecule has 0 amide bonds. The molecule has 0 fully saturated rings. The van der Waals surface area contributed by atoms with E-state index >= 15 is 0 Å². The molecule has 0 aliphatic rings. The summed E-state index contributed by atoms with van der Waals surface area (Å²) in [5.41, 5.74) is 0.767. The maximum absolute atomic E-state index is 12.9. The quantitative estimate of drug-likeness (QED) is 0.725. The third-order valence-electron chi connectivity index (χ3n) is 2.54. The van der Waals surface area contributed by atoms with Gasteiger partial charge in [-0.1, -0.05) is 32.4 Å². The predicted octanol–water partition coefficient (Wildman–Crippen LogP) is 3.37. The lowest BCUT2D eigenvalue weighted by Crippen LogP contribution is -2.13. The normalized spacial score (nSPS) is 12.5. The largest absolute Gasteiger partial charge is 0.299 e. The van der Waals surface area contributed by atoms with E-state index in [1.807, 2.05) is 6.92 Å². The molecular weight excluding hydrogens is 191 g/mol. The molecule has 1 rings (SSSR count). The summed E-state index contributed by atoms with van der Waals surface area (Å²) in [5, 5.41) is 0. The zero-order chi connectivity index (χ0) is 11.3. The molecule has 0 radical (unpaired) electrons. The molecular formula is C13H17FO. The van der Waals surface area contributed by atoms with Crippen LogP contribution in [0.1, 0.15) is 32.3 Å². The van der Waals surface area contributed by atoms with Crippen molar-refractivity contribution in [2.75, 3.05) is 0 Å². The van der Waals surface area contributed by atoms with Crippen molar-refractivity contribution < 1.29 is 9.18 Å². The van der Waals surface area contributed by atoms with Crippen LogP contribution in [-0.2, 0) is 11.2 Å². The predicted molar refractivity (Wildman–Crippen MR) is 59.2 cm³/mol. The maximum Gasteiger partial charge on any atom is 0.140 e. The second-order valence-electron chi connectivity index (χ2n) is 3.96. The molecule has 1 aromatic carbocycles. The fourth-order valence-corrected chi connectivity index (χ4v) is 1.62. The van der Waals surface area contributed by atoms with Gasteiger partial charge in [0.25, 0.3) is 0 Å². The van der Waals surface area contributed by atoms with Crippen LogP contribution in [0.2, 0.25) is 0 Å². The monoisotopic (exact) mass is 208 g/mol. The number of ketones is 1. The Labute approximate surface area is 90.3 Å². The Morgan fingerprint density at radius 2 is 2.20 bits per heavy atom. The van der Waals surface area contributed by atoms with E-state index < -0.39 is 0 Å². The van der Waals surface area contributed by atoms with Crippen LogP contribution in [0, 0.1) is 11.7 Å². The lowest BCUT2D eigenvalue weighted by Gasteiger charge is -2.08. The highest BCUT2D eigenvalue weighted by molar-refractivity contribution is 5.82. The Bertz CT molecular complexity index is 333. The van der Waals surface area contributed by atoms with Gasteiger partial charge < -0.3 is 0 Å². The Morgan fingerprint density at radius 3 is 2.80 bits per heavy atom. The second-order valence-corrected chi connectivity index (χ2v) is 3.96. The SMILES string of the molecule is CCCC(C)C(=O)Cc1cccc(F)c1. The highest BCUT2D eigenvalue weighted by atomic mass is 19.1. The highest BCUT2D eigenvalue weighted by Gasteiger charge is 2.12. The molecule has 2 heteroatoms. The van der Waals surface area contributed by atoms with E-state index in [1.165, 1.54) is 12.1 Å². The molecule has 0 saturated carbocycles. The van der Waals surface area contributed by atoms with Crippen LogP contribution in [0.25, 0.3) is 0 Å². The van der Waals surface area contributed by atoms with E-state index in [0.29, 0.717) is 6.42 Å². The Hall–Kier alpha value is -1.18. The van der Waals surface area contributed by atoms with Crippen LogP contribution in [0.15, 0.2) is 24.3 Å². The van der Waals surface area contributed by atoms with Crippen molar-refractivity contribution in [3.8, 4) is 0 Å².